The summed E-state index contributed by atoms with van der Waals surface area (Å²) in [7, 11) is 0. The molecule has 0 unspecified atom stereocenters. The van der Waals surface area contributed by atoms with Gasteiger partial charge < -0.3 is 19.7 Å². The molecule has 0 radical (unpaired) electrons. The van der Waals surface area contributed by atoms with E-state index in [9.17, 15) is 9.90 Å². The lowest BCUT2D eigenvalue weighted by Crippen LogP contribution is -2.48. The number of hydrogen-bond acceptors (Lipinski definition) is 4. The highest BCUT2D eigenvalue weighted by Crippen LogP contribution is 2.46. The van der Waals surface area contributed by atoms with Crippen LogP contribution in [0.25, 0.3) is 0 Å². The Morgan fingerprint density at radius 2 is 2.29 bits per heavy atom. The Morgan fingerprint density at radius 1 is 1.47 bits per heavy atom. The lowest BCUT2D eigenvalue weighted by Gasteiger charge is -2.40. The zero-order valence-corrected chi connectivity index (χ0v) is 9.41. The summed E-state index contributed by atoms with van der Waals surface area (Å²) in [5.41, 5.74) is -0.498. The van der Waals surface area contributed by atoms with E-state index in [1.807, 2.05) is 6.08 Å². The Morgan fingerprint density at radius 3 is 3.06 bits per heavy atom. The van der Waals surface area contributed by atoms with Crippen LogP contribution in [0.4, 0.5) is 0 Å². The predicted octanol–water partition coefficient (Wildman–Crippen LogP) is 0.467. The molecule has 3 rings (SSSR count). The highest BCUT2D eigenvalue weighted by Gasteiger charge is 2.55. The maximum atomic E-state index is 10.7. The van der Waals surface area contributed by atoms with Crippen LogP contribution in [0, 0.1) is 0 Å². The second kappa shape index (κ2) is 3.80. The number of hydrogen-bond donors (Lipinski definition) is 2. The van der Waals surface area contributed by atoms with Gasteiger partial charge in [-0.25, -0.2) is 0 Å². The first-order valence-electron chi connectivity index (χ1n) is 6.01. The second-order valence-electron chi connectivity index (χ2n) is 5.09. The number of aliphatic hydroxyl groups excluding tert-OH is 1. The molecule has 3 aliphatic rings. The summed E-state index contributed by atoms with van der Waals surface area (Å²) >= 11 is 0. The van der Waals surface area contributed by atoms with Crippen molar-refractivity contribution in [3.05, 3.63) is 12.2 Å². The molecule has 0 saturated carbocycles. The third-order valence-electron chi connectivity index (χ3n) is 3.90. The van der Waals surface area contributed by atoms with Crippen molar-refractivity contribution >= 4 is 5.97 Å². The van der Waals surface area contributed by atoms with Crippen molar-refractivity contribution in [2.24, 2.45) is 0 Å². The fourth-order valence-electron chi connectivity index (χ4n) is 3.10. The summed E-state index contributed by atoms with van der Waals surface area (Å²) in [6.45, 7) is 0. The molecule has 0 aromatic heterocycles. The van der Waals surface area contributed by atoms with Crippen molar-refractivity contribution in [1.82, 2.24) is 0 Å². The number of aliphatic hydroxyl groups is 1. The molecule has 5 atom stereocenters. The minimum Gasteiger partial charge on any atom is -0.481 e. The maximum absolute atomic E-state index is 10.7. The van der Waals surface area contributed by atoms with Crippen LogP contribution in [0.5, 0.6) is 0 Å². The molecular formula is C12H16O5. The number of fused-ring (bicyclic) bond motifs is 1. The van der Waals surface area contributed by atoms with Gasteiger partial charge in [-0.05, 0) is 12.8 Å². The van der Waals surface area contributed by atoms with Gasteiger partial charge in [-0.2, -0.15) is 0 Å². The summed E-state index contributed by atoms with van der Waals surface area (Å²) in [5, 5.41) is 18.5. The minimum atomic E-state index is -0.833. The second-order valence-corrected chi connectivity index (χ2v) is 5.09. The smallest absolute Gasteiger partial charge is 0.305 e. The Balaban J connectivity index is 1.79. The highest BCUT2D eigenvalue weighted by atomic mass is 16.6. The molecule has 5 nitrogen and oxygen atoms in total. The van der Waals surface area contributed by atoms with E-state index < -0.39 is 17.7 Å². The van der Waals surface area contributed by atoms with Gasteiger partial charge in [0.1, 0.15) is 5.60 Å². The molecule has 2 fully saturated rings. The number of carbonyl (C=O) groups is 1. The molecular weight excluding hydrogens is 224 g/mol. The van der Waals surface area contributed by atoms with Crippen LogP contribution >= 0.6 is 0 Å². The van der Waals surface area contributed by atoms with Crippen molar-refractivity contribution in [2.75, 3.05) is 0 Å². The van der Waals surface area contributed by atoms with Gasteiger partial charge in [-0.15, -0.1) is 0 Å². The average molecular weight is 240 g/mol. The summed E-state index contributed by atoms with van der Waals surface area (Å²) in [5.74, 6) is -0.833. The minimum absolute atomic E-state index is 0.0362. The summed E-state index contributed by atoms with van der Waals surface area (Å²) in [6.07, 6.45) is 4.69. The number of carboxylic acids is 1. The zero-order chi connectivity index (χ0) is 12.0. The van der Waals surface area contributed by atoms with Gasteiger partial charge in [0.25, 0.3) is 0 Å². The summed E-state index contributed by atoms with van der Waals surface area (Å²) in [4.78, 5) is 10.7. The SMILES string of the molecule is O=C(O)C[C@H]1CC[C@@H]2O[C@@H]3C[C@]2(C=C[C@H]3O)O1. The van der Waals surface area contributed by atoms with E-state index in [1.54, 1.807) is 6.08 Å². The largest absolute Gasteiger partial charge is 0.481 e. The molecule has 2 saturated heterocycles. The van der Waals surface area contributed by atoms with Crippen LogP contribution in [-0.4, -0.2) is 46.2 Å². The average Bonchev–Trinajstić information content (AvgIpc) is 2.58. The van der Waals surface area contributed by atoms with Crippen molar-refractivity contribution in [2.45, 2.75) is 55.7 Å². The molecule has 5 heteroatoms. The molecule has 0 amide bonds. The molecule has 2 aliphatic heterocycles. The van der Waals surface area contributed by atoms with E-state index in [4.69, 9.17) is 14.6 Å². The normalized spacial score (nSPS) is 47.8. The predicted molar refractivity (Wildman–Crippen MR) is 57.5 cm³/mol. The highest BCUT2D eigenvalue weighted by molar-refractivity contribution is 5.67. The quantitative estimate of drug-likeness (QED) is 0.686. The van der Waals surface area contributed by atoms with E-state index in [1.165, 1.54) is 0 Å². The van der Waals surface area contributed by atoms with E-state index in [0.717, 1.165) is 6.42 Å². The third kappa shape index (κ3) is 1.78. The van der Waals surface area contributed by atoms with Gasteiger partial charge in [-0.1, -0.05) is 12.2 Å². The van der Waals surface area contributed by atoms with Crippen LogP contribution in [0.15, 0.2) is 12.2 Å². The van der Waals surface area contributed by atoms with Crippen LogP contribution in [0.2, 0.25) is 0 Å². The number of rotatable bonds is 2. The van der Waals surface area contributed by atoms with Gasteiger partial charge >= 0.3 is 5.97 Å². The molecule has 94 valence electrons. The maximum Gasteiger partial charge on any atom is 0.305 e. The molecule has 2 heterocycles. The molecule has 2 bridgehead atoms. The third-order valence-corrected chi connectivity index (χ3v) is 3.90. The van der Waals surface area contributed by atoms with Gasteiger partial charge in [0, 0.05) is 6.42 Å². The van der Waals surface area contributed by atoms with Crippen molar-refractivity contribution < 1.29 is 24.5 Å². The Kier molecular flexibility index (Phi) is 2.50. The molecule has 0 aromatic rings. The summed E-state index contributed by atoms with van der Waals surface area (Å²) < 4.78 is 11.7. The fraction of sp³-hybridized carbons (Fsp3) is 0.750. The molecule has 17 heavy (non-hydrogen) atoms. The van der Waals surface area contributed by atoms with Gasteiger partial charge in [0.2, 0.25) is 0 Å². The molecule has 1 aliphatic carbocycles. The first-order valence-corrected chi connectivity index (χ1v) is 6.01. The van der Waals surface area contributed by atoms with Crippen LogP contribution < -0.4 is 0 Å². The van der Waals surface area contributed by atoms with Crippen molar-refractivity contribution in [3.8, 4) is 0 Å². The van der Waals surface area contributed by atoms with Crippen molar-refractivity contribution in [1.29, 1.82) is 0 Å². The molecule has 1 spiro atoms. The van der Waals surface area contributed by atoms with E-state index in [0.29, 0.717) is 12.8 Å². The monoisotopic (exact) mass is 240 g/mol. The Labute approximate surface area is 99.0 Å². The van der Waals surface area contributed by atoms with Crippen LogP contribution in [0.1, 0.15) is 25.7 Å². The van der Waals surface area contributed by atoms with Crippen molar-refractivity contribution in [3.63, 3.8) is 0 Å². The fourth-order valence-corrected chi connectivity index (χ4v) is 3.10. The summed E-state index contributed by atoms with van der Waals surface area (Å²) in [6, 6.07) is 0. The van der Waals surface area contributed by atoms with E-state index in [-0.39, 0.29) is 24.7 Å². The van der Waals surface area contributed by atoms with Crippen LogP contribution in [0.3, 0.4) is 0 Å². The lowest BCUT2D eigenvalue weighted by atomic mass is 9.82. The van der Waals surface area contributed by atoms with Gasteiger partial charge in [0.15, 0.2) is 0 Å². The van der Waals surface area contributed by atoms with E-state index in [2.05, 4.69) is 0 Å². The molecule has 0 aromatic carbocycles. The standard InChI is InChI=1S/C12H16O5/c13-8-3-4-12-6-9(8)16-10(12)2-1-7(17-12)5-11(14)15/h3-4,7-10,13H,1-2,5-6H2,(H,14,15)/t7-,8-,9-,10+,12+/m1/s1. The molecule has 2 N–H and O–H groups in total. The topological polar surface area (TPSA) is 76.0 Å². The number of ether oxygens (including phenoxy) is 2. The number of carboxylic acid groups (broad SMARTS) is 1. The first-order chi connectivity index (χ1) is 8.09. The van der Waals surface area contributed by atoms with E-state index >= 15 is 0 Å². The first kappa shape index (κ1) is 11.2. The Bertz CT molecular complexity index is 366. The van der Waals surface area contributed by atoms with Gasteiger partial charge in [0.05, 0.1) is 30.8 Å². The lowest BCUT2D eigenvalue weighted by molar-refractivity contribution is -0.158. The zero-order valence-electron chi connectivity index (χ0n) is 9.41. The van der Waals surface area contributed by atoms with Gasteiger partial charge in [-0.3, -0.25) is 4.79 Å². The number of aliphatic carboxylic acids is 1. The Hall–Kier alpha value is -0.910. The van der Waals surface area contributed by atoms with Crippen LogP contribution in [-0.2, 0) is 14.3 Å².